The Morgan fingerprint density at radius 3 is 2.44 bits per heavy atom. The van der Waals surface area contributed by atoms with Crippen molar-refractivity contribution < 1.29 is 19.1 Å². The zero-order valence-corrected chi connectivity index (χ0v) is 18.4. The second-order valence-corrected chi connectivity index (χ2v) is 7.87. The predicted molar refractivity (Wildman–Crippen MR) is 128 cm³/mol. The van der Waals surface area contributed by atoms with Gasteiger partial charge in [-0.2, -0.15) is 0 Å². The SMILES string of the molecule is CCOc1ccc(CN2C(=O)c3ccccc3C2=O)cc1C(=O)Nc1ccc2ncccc2c1. The zero-order valence-electron chi connectivity index (χ0n) is 18.4. The average molecular weight is 451 g/mol. The van der Waals surface area contributed by atoms with Crippen LogP contribution in [0.2, 0.25) is 0 Å². The van der Waals surface area contributed by atoms with Crippen molar-refractivity contribution in [2.75, 3.05) is 11.9 Å². The van der Waals surface area contributed by atoms with Gasteiger partial charge in [0, 0.05) is 17.3 Å². The molecule has 1 aromatic heterocycles. The van der Waals surface area contributed by atoms with Crippen LogP contribution in [0.1, 0.15) is 43.6 Å². The molecule has 0 unspecified atom stereocenters. The summed E-state index contributed by atoms with van der Waals surface area (Å²) in [5.41, 5.74) is 3.20. The van der Waals surface area contributed by atoms with Gasteiger partial charge in [0.15, 0.2) is 0 Å². The highest BCUT2D eigenvalue weighted by atomic mass is 16.5. The van der Waals surface area contributed by atoms with E-state index in [9.17, 15) is 14.4 Å². The molecule has 0 fully saturated rings. The van der Waals surface area contributed by atoms with Gasteiger partial charge in [0.2, 0.25) is 0 Å². The fraction of sp³-hybridized carbons (Fsp3) is 0.111. The molecular formula is C27H21N3O4. The van der Waals surface area contributed by atoms with Crippen molar-refractivity contribution in [3.63, 3.8) is 0 Å². The van der Waals surface area contributed by atoms with Crippen LogP contribution in [0.25, 0.3) is 10.9 Å². The van der Waals surface area contributed by atoms with Gasteiger partial charge in [-0.25, -0.2) is 0 Å². The fourth-order valence-electron chi connectivity index (χ4n) is 4.05. The molecule has 0 aliphatic carbocycles. The highest BCUT2D eigenvalue weighted by molar-refractivity contribution is 6.21. The monoisotopic (exact) mass is 451 g/mol. The molecule has 3 aromatic carbocycles. The van der Waals surface area contributed by atoms with Gasteiger partial charge in [-0.3, -0.25) is 24.3 Å². The van der Waals surface area contributed by atoms with Gasteiger partial charge < -0.3 is 10.1 Å². The molecule has 2 heterocycles. The van der Waals surface area contributed by atoms with Gasteiger partial charge >= 0.3 is 0 Å². The minimum Gasteiger partial charge on any atom is -0.493 e. The molecule has 0 saturated carbocycles. The Morgan fingerprint density at radius 2 is 1.71 bits per heavy atom. The second kappa shape index (κ2) is 8.78. The summed E-state index contributed by atoms with van der Waals surface area (Å²) < 4.78 is 5.67. The van der Waals surface area contributed by atoms with Crippen LogP contribution in [0.3, 0.4) is 0 Å². The molecule has 0 atom stereocenters. The van der Waals surface area contributed by atoms with Crippen LogP contribution in [0.15, 0.2) is 79.0 Å². The molecule has 3 amide bonds. The van der Waals surface area contributed by atoms with Crippen LogP contribution in [0.5, 0.6) is 5.75 Å². The summed E-state index contributed by atoms with van der Waals surface area (Å²) in [7, 11) is 0. The fourth-order valence-corrected chi connectivity index (χ4v) is 4.05. The number of hydrogen-bond acceptors (Lipinski definition) is 5. The maximum atomic E-state index is 13.2. The molecule has 0 radical (unpaired) electrons. The minimum absolute atomic E-state index is 0.0562. The number of pyridine rings is 1. The summed E-state index contributed by atoms with van der Waals surface area (Å²) in [6, 6.07) is 21.1. The first kappa shape index (κ1) is 21.3. The van der Waals surface area contributed by atoms with Crippen LogP contribution in [-0.2, 0) is 6.54 Å². The molecular weight excluding hydrogens is 430 g/mol. The van der Waals surface area contributed by atoms with Gasteiger partial charge in [-0.15, -0.1) is 0 Å². The number of ether oxygens (including phenoxy) is 1. The van der Waals surface area contributed by atoms with Crippen LogP contribution in [0, 0.1) is 0 Å². The molecule has 168 valence electrons. The Bertz CT molecular complexity index is 1410. The zero-order chi connectivity index (χ0) is 23.7. The summed E-state index contributed by atoms with van der Waals surface area (Å²) >= 11 is 0. The number of nitrogens with zero attached hydrogens (tertiary/aromatic N) is 2. The van der Waals surface area contributed by atoms with Crippen LogP contribution < -0.4 is 10.1 Å². The number of rotatable bonds is 6. The summed E-state index contributed by atoms with van der Waals surface area (Å²) in [5.74, 6) is -0.611. The van der Waals surface area contributed by atoms with E-state index in [1.807, 2.05) is 31.2 Å². The quantitative estimate of drug-likeness (QED) is 0.430. The lowest BCUT2D eigenvalue weighted by Gasteiger charge is -2.16. The van der Waals surface area contributed by atoms with Gasteiger partial charge in [0.1, 0.15) is 5.75 Å². The molecule has 1 aliphatic rings. The number of fused-ring (bicyclic) bond motifs is 2. The lowest BCUT2D eigenvalue weighted by atomic mass is 10.1. The first-order chi connectivity index (χ1) is 16.5. The van der Waals surface area contributed by atoms with Crippen molar-refractivity contribution in [2.45, 2.75) is 13.5 Å². The molecule has 1 N–H and O–H groups in total. The number of nitrogens with one attached hydrogen (secondary N) is 1. The summed E-state index contributed by atoms with van der Waals surface area (Å²) in [6.45, 7) is 2.28. The molecule has 0 bridgehead atoms. The largest absolute Gasteiger partial charge is 0.493 e. The number of benzene rings is 3. The number of hydrogen-bond donors (Lipinski definition) is 1. The summed E-state index contributed by atoms with van der Waals surface area (Å²) in [5, 5.41) is 3.81. The van der Waals surface area contributed by atoms with Crippen molar-refractivity contribution in [3.8, 4) is 5.75 Å². The third kappa shape index (κ3) is 3.88. The number of carbonyl (C=O) groups excluding carboxylic acids is 3. The van der Waals surface area contributed by atoms with E-state index in [2.05, 4.69) is 10.3 Å². The van der Waals surface area contributed by atoms with Crippen molar-refractivity contribution in [3.05, 3.63) is 101 Å². The van der Waals surface area contributed by atoms with E-state index in [4.69, 9.17) is 4.74 Å². The smallest absolute Gasteiger partial charge is 0.261 e. The van der Waals surface area contributed by atoms with Gasteiger partial charge in [0.05, 0.1) is 35.4 Å². The number of amides is 3. The second-order valence-electron chi connectivity index (χ2n) is 7.87. The first-order valence-electron chi connectivity index (χ1n) is 10.9. The molecule has 7 heteroatoms. The maximum absolute atomic E-state index is 13.2. The Kier molecular flexibility index (Phi) is 5.51. The lowest BCUT2D eigenvalue weighted by molar-refractivity contribution is 0.0642. The number of carbonyl (C=O) groups is 3. The molecule has 4 aromatic rings. The minimum atomic E-state index is -0.351. The van der Waals surface area contributed by atoms with Gasteiger partial charge in [-0.1, -0.05) is 24.3 Å². The molecule has 7 nitrogen and oxygen atoms in total. The Morgan fingerprint density at radius 1 is 0.941 bits per heavy atom. The summed E-state index contributed by atoms with van der Waals surface area (Å²) in [6.07, 6.45) is 1.72. The topological polar surface area (TPSA) is 88.6 Å². The van der Waals surface area contributed by atoms with Crippen molar-refractivity contribution in [1.82, 2.24) is 9.88 Å². The van der Waals surface area contributed by atoms with Gasteiger partial charge in [-0.05, 0) is 61.0 Å². The van der Waals surface area contributed by atoms with Crippen molar-refractivity contribution in [2.24, 2.45) is 0 Å². The number of imide groups is 1. The van der Waals surface area contributed by atoms with Crippen LogP contribution in [-0.4, -0.2) is 34.2 Å². The van der Waals surface area contributed by atoms with Crippen LogP contribution in [0.4, 0.5) is 5.69 Å². The van der Waals surface area contributed by atoms with E-state index in [-0.39, 0.29) is 24.3 Å². The molecule has 5 rings (SSSR count). The maximum Gasteiger partial charge on any atom is 0.261 e. The average Bonchev–Trinajstić information content (AvgIpc) is 3.10. The summed E-state index contributed by atoms with van der Waals surface area (Å²) in [4.78, 5) is 44.2. The highest BCUT2D eigenvalue weighted by Gasteiger charge is 2.35. The lowest BCUT2D eigenvalue weighted by Crippen LogP contribution is -2.29. The van der Waals surface area contributed by atoms with E-state index in [1.54, 1.807) is 54.7 Å². The standard InChI is InChI=1S/C27H21N3O4/c1-2-34-24-12-9-17(16-30-26(32)20-7-3-4-8-21(20)27(30)33)14-22(24)25(31)29-19-10-11-23-18(15-19)6-5-13-28-23/h3-15H,2,16H2,1H3,(H,29,31). The van der Waals surface area contributed by atoms with Crippen molar-refractivity contribution >= 4 is 34.3 Å². The Hall–Kier alpha value is -4.52. The molecule has 34 heavy (non-hydrogen) atoms. The van der Waals surface area contributed by atoms with E-state index in [0.717, 1.165) is 10.9 Å². The van der Waals surface area contributed by atoms with E-state index in [0.29, 0.717) is 40.3 Å². The molecule has 0 spiro atoms. The Labute approximate surface area is 196 Å². The number of anilines is 1. The number of aromatic nitrogens is 1. The van der Waals surface area contributed by atoms with E-state index >= 15 is 0 Å². The molecule has 1 aliphatic heterocycles. The first-order valence-corrected chi connectivity index (χ1v) is 10.9. The van der Waals surface area contributed by atoms with Gasteiger partial charge in [0.25, 0.3) is 17.7 Å². The van der Waals surface area contributed by atoms with Crippen molar-refractivity contribution in [1.29, 1.82) is 0 Å². The Balaban J connectivity index is 1.42. The van der Waals surface area contributed by atoms with E-state index < -0.39 is 0 Å². The highest BCUT2D eigenvalue weighted by Crippen LogP contribution is 2.27. The predicted octanol–water partition coefficient (Wildman–Crippen LogP) is 4.68. The third-order valence-electron chi connectivity index (χ3n) is 5.67. The normalized spacial score (nSPS) is 12.7. The van der Waals surface area contributed by atoms with Crippen LogP contribution >= 0.6 is 0 Å². The third-order valence-corrected chi connectivity index (χ3v) is 5.67. The van der Waals surface area contributed by atoms with E-state index in [1.165, 1.54) is 4.90 Å². The molecule has 0 saturated heterocycles.